The molecule has 19 heavy (non-hydrogen) atoms. The SMILES string of the molecule is CC1CCC2(CC1)CSC(=NCCC(C)S(C)=O)N2. The zero-order chi connectivity index (χ0) is 13.9. The lowest BCUT2D eigenvalue weighted by Gasteiger charge is -2.35. The highest BCUT2D eigenvalue weighted by Gasteiger charge is 2.39. The lowest BCUT2D eigenvalue weighted by molar-refractivity contribution is 0.251. The summed E-state index contributed by atoms with van der Waals surface area (Å²) in [7, 11) is -0.725. The van der Waals surface area contributed by atoms with E-state index in [4.69, 9.17) is 0 Å². The Balaban J connectivity index is 1.80. The Morgan fingerprint density at radius 1 is 1.53 bits per heavy atom. The molecule has 110 valence electrons. The number of rotatable bonds is 4. The van der Waals surface area contributed by atoms with E-state index in [-0.39, 0.29) is 5.25 Å². The van der Waals surface area contributed by atoms with Gasteiger partial charge in [-0.1, -0.05) is 25.6 Å². The van der Waals surface area contributed by atoms with Crippen LogP contribution in [0.25, 0.3) is 0 Å². The minimum atomic E-state index is -0.725. The molecule has 1 aliphatic heterocycles. The molecule has 1 saturated carbocycles. The fourth-order valence-electron chi connectivity index (χ4n) is 2.69. The first-order valence-electron chi connectivity index (χ1n) is 7.28. The van der Waals surface area contributed by atoms with Crippen molar-refractivity contribution in [3.63, 3.8) is 0 Å². The molecule has 5 heteroatoms. The Labute approximate surface area is 123 Å². The summed E-state index contributed by atoms with van der Waals surface area (Å²) in [5.41, 5.74) is 0.329. The van der Waals surface area contributed by atoms with Crippen molar-refractivity contribution in [3.8, 4) is 0 Å². The number of aliphatic imine (C=N–C) groups is 1. The molecule has 2 atom stereocenters. The maximum absolute atomic E-state index is 11.3. The van der Waals surface area contributed by atoms with Crippen LogP contribution in [0.4, 0.5) is 0 Å². The normalized spacial score (nSPS) is 36.4. The molecule has 1 N–H and O–H groups in total. The standard InChI is InChI=1S/C14H26N2OS2/c1-11-4-7-14(8-5-11)10-18-13(16-14)15-9-6-12(2)19(3)17/h11-12H,4-10H2,1-3H3,(H,15,16). The maximum Gasteiger partial charge on any atom is 0.157 e. The molecule has 0 amide bonds. The van der Waals surface area contributed by atoms with Gasteiger partial charge in [0.15, 0.2) is 5.17 Å². The van der Waals surface area contributed by atoms with Gasteiger partial charge < -0.3 is 5.32 Å². The van der Waals surface area contributed by atoms with Gasteiger partial charge in [-0.25, -0.2) is 0 Å². The van der Waals surface area contributed by atoms with Crippen LogP contribution in [0, 0.1) is 5.92 Å². The summed E-state index contributed by atoms with van der Waals surface area (Å²) in [5, 5.41) is 5.03. The van der Waals surface area contributed by atoms with Crippen molar-refractivity contribution in [2.75, 3.05) is 18.6 Å². The zero-order valence-corrected chi connectivity index (χ0v) is 13.9. The monoisotopic (exact) mass is 302 g/mol. The minimum Gasteiger partial charge on any atom is -0.359 e. The predicted octanol–water partition coefficient (Wildman–Crippen LogP) is 2.78. The van der Waals surface area contributed by atoms with E-state index in [1.54, 1.807) is 6.26 Å². The second-order valence-electron chi connectivity index (χ2n) is 6.16. The van der Waals surface area contributed by atoms with E-state index in [9.17, 15) is 4.21 Å². The first kappa shape index (κ1) is 15.4. The largest absolute Gasteiger partial charge is 0.359 e. The van der Waals surface area contributed by atoms with Crippen LogP contribution < -0.4 is 5.32 Å². The van der Waals surface area contributed by atoms with Crippen molar-refractivity contribution in [1.29, 1.82) is 0 Å². The summed E-state index contributed by atoms with van der Waals surface area (Å²) >= 11 is 1.87. The number of thioether (sulfide) groups is 1. The summed E-state index contributed by atoms with van der Waals surface area (Å²) in [5.74, 6) is 2.06. The van der Waals surface area contributed by atoms with Crippen LogP contribution in [0.5, 0.6) is 0 Å². The molecule has 0 bridgehead atoms. The van der Waals surface area contributed by atoms with Gasteiger partial charge in [0.25, 0.3) is 0 Å². The van der Waals surface area contributed by atoms with Crippen LogP contribution in [0.3, 0.4) is 0 Å². The quantitative estimate of drug-likeness (QED) is 0.868. The van der Waals surface area contributed by atoms with E-state index in [1.165, 1.54) is 31.4 Å². The van der Waals surface area contributed by atoms with Crippen molar-refractivity contribution in [3.05, 3.63) is 0 Å². The highest BCUT2D eigenvalue weighted by atomic mass is 32.2. The van der Waals surface area contributed by atoms with Crippen LogP contribution in [-0.4, -0.2) is 38.7 Å². The summed E-state index contributed by atoms with van der Waals surface area (Å²) in [6.45, 7) is 5.19. The first-order valence-corrected chi connectivity index (χ1v) is 9.89. The lowest BCUT2D eigenvalue weighted by Crippen LogP contribution is -2.46. The van der Waals surface area contributed by atoms with E-state index in [0.29, 0.717) is 5.54 Å². The van der Waals surface area contributed by atoms with E-state index < -0.39 is 10.8 Å². The fraction of sp³-hybridized carbons (Fsp3) is 0.929. The Kier molecular flexibility index (Phi) is 5.35. The predicted molar refractivity (Wildman–Crippen MR) is 86.4 cm³/mol. The van der Waals surface area contributed by atoms with Gasteiger partial charge >= 0.3 is 0 Å². The number of nitrogens with zero attached hydrogens (tertiary/aromatic N) is 1. The molecule has 1 saturated heterocycles. The summed E-state index contributed by atoms with van der Waals surface area (Å²) in [6.07, 6.45) is 7.95. The van der Waals surface area contributed by atoms with E-state index >= 15 is 0 Å². The highest BCUT2D eigenvalue weighted by molar-refractivity contribution is 8.14. The number of nitrogens with one attached hydrogen (secondary N) is 1. The second-order valence-corrected chi connectivity index (χ2v) is 8.93. The molecule has 0 radical (unpaired) electrons. The fourth-order valence-corrected chi connectivity index (χ4v) is 4.37. The molecule has 1 spiro atoms. The third kappa shape index (κ3) is 4.22. The van der Waals surface area contributed by atoms with Crippen molar-refractivity contribution < 1.29 is 4.21 Å². The van der Waals surface area contributed by atoms with Crippen molar-refractivity contribution in [1.82, 2.24) is 5.32 Å². The van der Waals surface area contributed by atoms with Crippen molar-refractivity contribution in [2.45, 2.75) is 56.7 Å². The van der Waals surface area contributed by atoms with Gasteiger partial charge in [-0.05, 0) is 38.0 Å². The van der Waals surface area contributed by atoms with Crippen LogP contribution in [0.2, 0.25) is 0 Å². The third-order valence-corrected chi connectivity index (χ3v) is 7.02. The van der Waals surface area contributed by atoms with Crippen molar-refractivity contribution >= 4 is 27.7 Å². The summed E-state index contributed by atoms with van der Waals surface area (Å²) in [4.78, 5) is 4.65. The van der Waals surface area contributed by atoms with Gasteiger partial charge in [0, 0.05) is 40.1 Å². The Hall–Kier alpha value is -0.0300. The lowest BCUT2D eigenvalue weighted by atomic mass is 9.78. The molecule has 0 aromatic rings. The van der Waals surface area contributed by atoms with Crippen molar-refractivity contribution in [2.24, 2.45) is 10.9 Å². The van der Waals surface area contributed by atoms with Crippen LogP contribution in [0.1, 0.15) is 46.0 Å². The molecule has 0 aromatic carbocycles. The van der Waals surface area contributed by atoms with Gasteiger partial charge in [0.1, 0.15) is 0 Å². The molecule has 3 nitrogen and oxygen atoms in total. The molecule has 2 unspecified atom stereocenters. The molecule has 2 fully saturated rings. The highest BCUT2D eigenvalue weighted by Crippen LogP contribution is 2.38. The summed E-state index contributed by atoms with van der Waals surface area (Å²) < 4.78 is 11.3. The van der Waals surface area contributed by atoms with Crippen LogP contribution >= 0.6 is 11.8 Å². The van der Waals surface area contributed by atoms with Gasteiger partial charge in [-0.3, -0.25) is 9.20 Å². The molecular formula is C14H26N2OS2. The molecule has 2 aliphatic rings. The topological polar surface area (TPSA) is 41.5 Å². The van der Waals surface area contributed by atoms with E-state index in [2.05, 4.69) is 17.2 Å². The number of hydrogen-bond acceptors (Lipinski definition) is 3. The average molecular weight is 303 g/mol. The molecule has 2 rings (SSSR count). The molecule has 1 aliphatic carbocycles. The molecule has 1 heterocycles. The Morgan fingerprint density at radius 2 is 2.21 bits per heavy atom. The van der Waals surface area contributed by atoms with Crippen LogP contribution in [0.15, 0.2) is 4.99 Å². The number of hydrogen-bond donors (Lipinski definition) is 1. The van der Waals surface area contributed by atoms with E-state index in [0.717, 1.165) is 24.1 Å². The Morgan fingerprint density at radius 3 is 2.84 bits per heavy atom. The zero-order valence-electron chi connectivity index (χ0n) is 12.3. The molecule has 0 aromatic heterocycles. The maximum atomic E-state index is 11.3. The molecular weight excluding hydrogens is 276 g/mol. The third-order valence-electron chi connectivity index (χ3n) is 4.45. The number of amidine groups is 1. The van der Waals surface area contributed by atoms with Gasteiger partial charge in [-0.15, -0.1) is 0 Å². The van der Waals surface area contributed by atoms with Gasteiger partial charge in [0.05, 0.1) is 0 Å². The first-order chi connectivity index (χ1) is 9.01. The minimum absolute atomic E-state index is 0.250. The smallest absolute Gasteiger partial charge is 0.157 e. The summed E-state index contributed by atoms with van der Waals surface area (Å²) in [6, 6.07) is 0. The van der Waals surface area contributed by atoms with Gasteiger partial charge in [-0.2, -0.15) is 0 Å². The van der Waals surface area contributed by atoms with Crippen LogP contribution in [-0.2, 0) is 10.8 Å². The van der Waals surface area contributed by atoms with Gasteiger partial charge in [0.2, 0.25) is 0 Å². The second kappa shape index (κ2) is 6.61. The Bertz CT molecular complexity index is 362. The van der Waals surface area contributed by atoms with E-state index in [1.807, 2.05) is 18.7 Å². The average Bonchev–Trinajstić information content (AvgIpc) is 2.77.